The van der Waals surface area contributed by atoms with E-state index in [0.29, 0.717) is 30.9 Å². The van der Waals surface area contributed by atoms with Gasteiger partial charge >= 0.3 is 0 Å². The van der Waals surface area contributed by atoms with Crippen molar-refractivity contribution >= 4 is 41.2 Å². The maximum absolute atomic E-state index is 12.1. The second-order valence-corrected chi connectivity index (χ2v) is 5.06. The molecule has 1 aromatic rings. The van der Waals surface area contributed by atoms with Crippen LogP contribution in [0.3, 0.4) is 0 Å². The lowest BCUT2D eigenvalue weighted by atomic mass is 10.2. The molecule has 0 atom stereocenters. The van der Waals surface area contributed by atoms with Gasteiger partial charge in [0.25, 0.3) is 5.91 Å². The highest BCUT2D eigenvalue weighted by Crippen LogP contribution is 2.25. The smallest absolute Gasteiger partial charge is 0.267 e. The van der Waals surface area contributed by atoms with Crippen molar-refractivity contribution in [2.45, 2.75) is 6.42 Å². The van der Waals surface area contributed by atoms with Gasteiger partial charge in [-0.2, -0.15) is 5.26 Å². The molecule has 0 aliphatic rings. The molecule has 0 aliphatic heterocycles. The lowest BCUT2D eigenvalue weighted by molar-refractivity contribution is -0.116. The number of halogens is 2. The lowest BCUT2D eigenvalue weighted by Crippen LogP contribution is -2.22. The summed E-state index contributed by atoms with van der Waals surface area (Å²) >= 11 is 11.8. The van der Waals surface area contributed by atoms with Gasteiger partial charge in [-0.25, -0.2) is 0 Å². The van der Waals surface area contributed by atoms with Gasteiger partial charge in [0.05, 0.1) is 10.7 Å². The molecule has 0 bridgehead atoms. The first-order chi connectivity index (χ1) is 10.5. The summed E-state index contributed by atoms with van der Waals surface area (Å²) in [6.45, 7) is 0.709. The van der Waals surface area contributed by atoms with Gasteiger partial charge in [0, 0.05) is 17.8 Å². The molecule has 0 aliphatic carbocycles. The number of nitriles is 1. The molecule has 0 aromatic heterocycles. The van der Waals surface area contributed by atoms with E-state index in [0.717, 1.165) is 6.20 Å². The van der Waals surface area contributed by atoms with E-state index in [-0.39, 0.29) is 16.3 Å². The van der Waals surface area contributed by atoms with Gasteiger partial charge in [0.15, 0.2) is 0 Å². The number of anilines is 1. The van der Waals surface area contributed by atoms with Crippen molar-refractivity contribution in [1.29, 1.82) is 5.26 Å². The predicted molar refractivity (Wildman–Crippen MR) is 85.2 cm³/mol. The molecular weight excluding hydrogens is 327 g/mol. The predicted octanol–water partition coefficient (Wildman–Crippen LogP) is 2.15. The molecular formula is C14H14Cl2N4O2. The van der Waals surface area contributed by atoms with Gasteiger partial charge in [-0.15, -0.1) is 0 Å². The van der Waals surface area contributed by atoms with Crippen LogP contribution in [0.5, 0.6) is 0 Å². The Kier molecular flexibility index (Phi) is 7.40. The van der Waals surface area contributed by atoms with Crippen LogP contribution in [0.15, 0.2) is 30.0 Å². The third-order valence-corrected chi connectivity index (χ3v) is 3.16. The first-order valence-electron chi connectivity index (χ1n) is 6.31. The normalized spacial score (nSPS) is 10.7. The third kappa shape index (κ3) is 5.37. The van der Waals surface area contributed by atoms with Crippen molar-refractivity contribution in [3.05, 3.63) is 40.0 Å². The van der Waals surface area contributed by atoms with Crippen LogP contribution in [0.4, 0.5) is 5.69 Å². The second-order valence-electron chi connectivity index (χ2n) is 4.22. The molecule has 6 nitrogen and oxygen atoms in total. The van der Waals surface area contributed by atoms with Crippen LogP contribution < -0.4 is 11.1 Å². The zero-order valence-electron chi connectivity index (χ0n) is 11.6. The van der Waals surface area contributed by atoms with Crippen LogP contribution in [0, 0.1) is 11.3 Å². The summed E-state index contributed by atoms with van der Waals surface area (Å²) in [5.74, 6) is -0.689. The van der Waals surface area contributed by atoms with E-state index in [4.69, 9.17) is 34.2 Å². The van der Waals surface area contributed by atoms with E-state index >= 15 is 0 Å². The minimum Gasteiger partial charge on any atom is -0.330 e. The van der Waals surface area contributed by atoms with E-state index in [2.05, 4.69) is 5.32 Å². The summed E-state index contributed by atoms with van der Waals surface area (Å²) < 4.78 is 0. The Labute approximate surface area is 138 Å². The molecule has 0 fully saturated rings. The Bertz CT molecular complexity index is 626. The van der Waals surface area contributed by atoms with Crippen LogP contribution >= 0.6 is 23.2 Å². The molecule has 8 heteroatoms. The molecule has 3 N–H and O–H groups in total. The van der Waals surface area contributed by atoms with Gasteiger partial charge in [-0.05, 0) is 31.2 Å². The first-order valence-corrected chi connectivity index (χ1v) is 7.06. The second kappa shape index (κ2) is 9.05. The van der Waals surface area contributed by atoms with Gasteiger partial charge in [0.1, 0.15) is 11.6 Å². The molecule has 0 spiro atoms. The fourth-order valence-corrected chi connectivity index (χ4v) is 1.85. The monoisotopic (exact) mass is 340 g/mol. The van der Waals surface area contributed by atoms with Crippen molar-refractivity contribution in [3.8, 4) is 6.07 Å². The van der Waals surface area contributed by atoms with Gasteiger partial charge in [-0.1, -0.05) is 23.2 Å². The quantitative estimate of drug-likeness (QED) is 0.451. The standard InChI is InChI=1S/C14H14Cl2N4O2/c15-11-2-3-12(16)13(6-11)19-14(22)10(7-18)8-20(9-21)5-1-4-17/h2-3,6,8-9H,1,4-5,17H2,(H,19,22)/b10-8-. The van der Waals surface area contributed by atoms with E-state index in [1.165, 1.54) is 17.0 Å². The maximum atomic E-state index is 12.1. The molecule has 2 amide bonds. The number of nitrogens with zero attached hydrogens (tertiary/aromatic N) is 2. The van der Waals surface area contributed by atoms with E-state index in [1.807, 2.05) is 0 Å². The zero-order valence-corrected chi connectivity index (χ0v) is 13.1. The maximum Gasteiger partial charge on any atom is 0.267 e. The molecule has 0 saturated heterocycles. The first kappa shape index (κ1) is 18.0. The van der Waals surface area contributed by atoms with Crippen molar-refractivity contribution in [2.24, 2.45) is 5.73 Å². The summed E-state index contributed by atoms with van der Waals surface area (Å²) in [7, 11) is 0. The van der Waals surface area contributed by atoms with Crippen LogP contribution in [0.2, 0.25) is 10.0 Å². The number of nitrogens with two attached hydrogens (primary N) is 1. The molecule has 1 aromatic carbocycles. The summed E-state index contributed by atoms with van der Waals surface area (Å²) in [4.78, 5) is 24.1. The number of hydrogen-bond acceptors (Lipinski definition) is 4. The number of benzene rings is 1. The number of hydrogen-bond donors (Lipinski definition) is 2. The molecule has 116 valence electrons. The Morgan fingerprint density at radius 1 is 1.45 bits per heavy atom. The Morgan fingerprint density at radius 2 is 2.18 bits per heavy atom. The summed E-state index contributed by atoms with van der Waals surface area (Å²) in [5, 5.41) is 12.2. The number of rotatable bonds is 7. The van der Waals surface area contributed by atoms with Crippen molar-refractivity contribution in [1.82, 2.24) is 4.90 Å². The van der Waals surface area contributed by atoms with Crippen LogP contribution in [-0.4, -0.2) is 30.3 Å². The van der Waals surface area contributed by atoms with E-state index < -0.39 is 5.91 Å². The van der Waals surface area contributed by atoms with Crippen molar-refractivity contribution in [2.75, 3.05) is 18.4 Å². The molecule has 1 rings (SSSR count). The third-order valence-electron chi connectivity index (χ3n) is 2.59. The topological polar surface area (TPSA) is 99.2 Å². The highest BCUT2D eigenvalue weighted by Gasteiger charge is 2.13. The molecule has 0 radical (unpaired) electrons. The van der Waals surface area contributed by atoms with E-state index in [9.17, 15) is 9.59 Å². The van der Waals surface area contributed by atoms with Crippen molar-refractivity contribution in [3.63, 3.8) is 0 Å². The van der Waals surface area contributed by atoms with Gasteiger partial charge in [-0.3, -0.25) is 9.59 Å². The molecule has 0 saturated carbocycles. The van der Waals surface area contributed by atoms with E-state index in [1.54, 1.807) is 12.1 Å². The Morgan fingerprint density at radius 3 is 2.77 bits per heavy atom. The van der Waals surface area contributed by atoms with Crippen LogP contribution in [-0.2, 0) is 9.59 Å². The number of carbonyl (C=O) groups is 2. The molecule has 0 heterocycles. The van der Waals surface area contributed by atoms with Crippen molar-refractivity contribution < 1.29 is 9.59 Å². The fourth-order valence-electron chi connectivity index (χ4n) is 1.51. The number of nitrogens with one attached hydrogen (secondary N) is 1. The lowest BCUT2D eigenvalue weighted by Gasteiger charge is -2.12. The Hall–Kier alpha value is -2.07. The number of carbonyl (C=O) groups excluding carboxylic acids is 2. The number of amides is 2. The summed E-state index contributed by atoms with van der Waals surface area (Å²) in [5.41, 5.74) is 5.39. The zero-order chi connectivity index (χ0) is 16.5. The highest BCUT2D eigenvalue weighted by molar-refractivity contribution is 6.35. The molecule has 22 heavy (non-hydrogen) atoms. The highest BCUT2D eigenvalue weighted by atomic mass is 35.5. The summed E-state index contributed by atoms with van der Waals surface area (Å²) in [6.07, 6.45) is 2.23. The average Bonchev–Trinajstić information content (AvgIpc) is 2.51. The van der Waals surface area contributed by atoms with Crippen LogP contribution in [0.25, 0.3) is 0 Å². The minimum atomic E-state index is -0.689. The SMILES string of the molecule is N#C/C(=C/N(C=O)CCCN)C(=O)Nc1cc(Cl)ccc1Cl. The summed E-state index contributed by atoms with van der Waals surface area (Å²) in [6, 6.07) is 6.29. The van der Waals surface area contributed by atoms with Gasteiger partial charge < -0.3 is 16.0 Å². The van der Waals surface area contributed by atoms with Crippen LogP contribution in [0.1, 0.15) is 6.42 Å². The minimum absolute atomic E-state index is 0.236. The van der Waals surface area contributed by atoms with Gasteiger partial charge in [0.2, 0.25) is 6.41 Å². The average molecular weight is 341 g/mol. The molecule has 0 unspecified atom stereocenters. The largest absolute Gasteiger partial charge is 0.330 e. The Balaban J connectivity index is 2.90. The fraction of sp³-hybridized carbons (Fsp3) is 0.214.